The summed E-state index contributed by atoms with van der Waals surface area (Å²) in [5.74, 6) is 1.66. The number of rotatable bonds is 6. The van der Waals surface area contributed by atoms with Crippen LogP contribution < -0.4 is 0 Å². The Kier molecular flexibility index (Phi) is 7.76. The summed E-state index contributed by atoms with van der Waals surface area (Å²) >= 11 is 0. The normalized spacial score (nSPS) is 11.4. The quantitative estimate of drug-likeness (QED) is 0.160. The second kappa shape index (κ2) is 13.6. The van der Waals surface area contributed by atoms with Crippen LogP contribution in [0.2, 0.25) is 0 Å². The minimum absolute atomic E-state index is 0.507. The third kappa shape index (κ3) is 5.30. The summed E-state index contributed by atoms with van der Waals surface area (Å²) in [4.78, 5) is 19.1. The Morgan fingerprint density at radius 3 is 1.41 bits per heavy atom. The highest BCUT2D eigenvalue weighted by Gasteiger charge is 2.25. The van der Waals surface area contributed by atoms with Crippen molar-refractivity contribution in [3.05, 3.63) is 206 Å². The summed E-state index contributed by atoms with van der Waals surface area (Å²) in [7, 11) is 0. The van der Waals surface area contributed by atoms with Crippen LogP contribution in [0.15, 0.2) is 194 Å². The van der Waals surface area contributed by atoms with Crippen LogP contribution >= 0.6 is 0 Å². The number of nitrogens with zero attached hydrogens (tertiary/aromatic N) is 6. The first-order valence-corrected chi connectivity index (χ1v) is 19.2. The summed E-state index contributed by atoms with van der Waals surface area (Å²) in [6.07, 6.45) is 0. The van der Waals surface area contributed by atoms with Crippen molar-refractivity contribution in [1.82, 2.24) is 24.1 Å². The molecule has 0 aliphatic carbocycles. The van der Waals surface area contributed by atoms with E-state index in [0.29, 0.717) is 23.2 Å². The van der Waals surface area contributed by atoms with E-state index >= 15 is 0 Å². The molecule has 0 radical (unpaired) electrons. The van der Waals surface area contributed by atoms with E-state index in [1.54, 1.807) is 0 Å². The van der Waals surface area contributed by atoms with Crippen LogP contribution in [0.4, 0.5) is 5.69 Å². The molecule has 0 N–H and O–H groups in total. The molecule has 0 atom stereocenters. The topological polar surface area (TPSA) is 52.9 Å². The van der Waals surface area contributed by atoms with Gasteiger partial charge in [-0.05, 0) is 59.7 Å². The second-order valence-corrected chi connectivity index (χ2v) is 14.3. The van der Waals surface area contributed by atoms with Crippen LogP contribution in [-0.2, 0) is 0 Å². The molecule has 270 valence electrons. The molecular formula is C52H32N6. The van der Waals surface area contributed by atoms with Crippen molar-refractivity contribution in [1.29, 1.82) is 0 Å². The fourth-order valence-corrected chi connectivity index (χ4v) is 8.45. The largest absolute Gasteiger partial charge is 0.309 e. The predicted octanol–water partition coefficient (Wildman–Crippen LogP) is 13.3. The Morgan fingerprint density at radius 1 is 0.379 bits per heavy atom. The van der Waals surface area contributed by atoms with Crippen LogP contribution in [0.25, 0.3) is 105 Å². The highest BCUT2D eigenvalue weighted by molar-refractivity contribution is 6.31. The van der Waals surface area contributed by atoms with Crippen LogP contribution in [0.3, 0.4) is 0 Å². The number of hydrogen-bond acceptors (Lipinski definition) is 3. The van der Waals surface area contributed by atoms with Gasteiger partial charge >= 0.3 is 0 Å². The zero-order valence-corrected chi connectivity index (χ0v) is 31.2. The molecule has 8 aromatic carbocycles. The van der Waals surface area contributed by atoms with Crippen LogP contribution in [0.1, 0.15) is 0 Å². The van der Waals surface area contributed by atoms with Gasteiger partial charge in [0.1, 0.15) is 0 Å². The molecular weight excluding hydrogens is 709 g/mol. The van der Waals surface area contributed by atoms with E-state index in [1.807, 2.05) is 78.9 Å². The van der Waals surface area contributed by atoms with Gasteiger partial charge in [-0.25, -0.2) is 19.8 Å². The molecule has 0 spiro atoms. The molecule has 0 saturated carbocycles. The molecule has 0 saturated heterocycles. The lowest BCUT2D eigenvalue weighted by Crippen LogP contribution is -2.00. The van der Waals surface area contributed by atoms with Gasteiger partial charge in [0.05, 0.1) is 28.6 Å². The number of benzene rings is 8. The van der Waals surface area contributed by atoms with Crippen LogP contribution in [-0.4, -0.2) is 24.1 Å². The van der Waals surface area contributed by atoms with Crippen molar-refractivity contribution in [2.24, 2.45) is 0 Å². The first-order valence-electron chi connectivity index (χ1n) is 19.2. The Bertz CT molecular complexity index is 3320. The minimum Gasteiger partial charge on any atom is -0.309 e. The van der Waals surface area contributed by atoms with Crippen LogP contribution in [0.5, 0.6) is 0 Å². The van der Waals surface area contributed by atoms with Crippen molar-refractivity contribution >= 4 is 49.3 Å². The number of para-hydroxylation sites is 4. The Hall–Kier alpha value is -8.14. The molecule has 0 bridgehead atoms. The van der Waals surface area contributed by atoms with Crippen molar-refractivity contribution in [3.8, 4) is 56.7 Å². The van der Waals surface area contributed by atoms with Crippen molar-refractivity contribution in [2.45, 2.75) is 0 Å². The van der Waals surface area contributed by atoms with Crippen LogP contribution in [0, 0.1) is 6.57 Å². The molecule has 6 heteroatoms. The first kappa shape index (κ1) is 33.2. The van der Waals surface area contributed by atoms with E-state index in [0.717, 1.165) is 72.0 Å². The zero-order chi connectivity index (χ0) is 38.6. The van der Waals surface area contributed by atoms with Gasteiger partial charge < -0.3 is 9.13 Å². The molecule has 0 unspecified atom stereocenters. The summed E-state index contributed by atoms with van der Waals surface area (Å²) in [5.41, 5.74) is 11.3. The van der Waals surface area contributed by atoms with Gasteiger partial charge in [0, 0.05) is 49.6 Å². The summed E-state index contributed by atoms with van der Waals surface area (Å²) in [6.45, 7) is 8.67. The lowest BCUT2D eigenvalue weighted by atomic mass is 9.95. The van der Waals surface area contributed by atoms with Gasteiger partial charge in [-0.1, -0.05) is 146 Å². The Morgan fingerprint density at radius 2 is 0.845 bits per heavy atom. The third-order valence-corrected chi connectivity index (χ3v) is 11.0. The lowest BCUT2D eigenvalue weighted by molar-refractivity contribution is 1.07. The van der Waals surface area contributed by atoms with Crippen molar-refractivity contribution < 1.29 is 0 Å². The summed E-state index contributed by atoms with van der Waals surface area (Å²) < 4.78 is 4.72. The molecule has 58 heavy (non-hydrogen) atoms. The van der Waals surface area contributed by atoms with E-state index < -0.39 is 0 Å². The molecule has 3 heterocycles. The first-order chi connectivity index (χ1) is 28.7. The zero-order valence-electron chi connectivity index (χ0n) is 31.2. The van der Waals surface area contributed by atoms with E-state index in [4.69, 9.17) is 21.5 Å². The standard InChI is InChI=1S/C52H32N6/c1-53-43-32-36(52-55-50(34-18-6-2-7-19-34)54-51(56-52)35-20-8-3-9-21-35)30-31-39(43)42-33-46-47(40-26-14-16-28-44(40)57(46)37-22-10-4-11-23-37)48-41-27-15-17-29-45(41)58(49(42)48)38-24-12-5-13-25-38/h2-33H. The Balaban J connectivity index is 1.23. The smallest absolute Gasteiger partial charge is 0.195 e. The monoisotopic (exact) mass is 740 g/mol. The third-order valence-electron chi connectivity index (χ3n) is 11.0. The van der Waals surface area contributed by atoms with E-state index in [1.165, 1.54) is 10.8 Å². The molecule has 0 aliphatic heterocycles. The molecule has 3 aromatic heterocycles. The van der Waals surface area contributed by atoms with Gasteiger partial charge in [-0.2, -0.15) is 0 Å². The lowest BCUT2D eigenvalue weighted by Gasteiger charge is -2.15. The second-order valence-electron chi connectivity index (χ2n) is 14.3. The average molecular weight is 741 g/mol. The molecule has 0 amide bonds. The van der Waals surface area contributed by atoms with Gasteiger partial charge in [-0.3, -0.25) is 0 Å². The maximum Gasteiger partial charge on any atom is 0.195 e. The highest BCUT2D eigenvalue weighted by Crippen LogP contribution is 2.48. The van der Waals surface area contributed by atoms with Gasteiger partial charge in [0.2, 0.25) is 0 Å². The van der Waals surface area contributed by atoms with E-state index in [9.17, 15) is 0 Å². The summed E-state index contributed by atoms with van der Waals surface area (Å²) in [6, 6.07) is 66.6. The minimum atomic E-state index is 0.507. The SMILES string of the molecule is [C-]#[N+]c1cc(-c2nc(-c3ccccc3)nc(-c3ccccc3)n2)ccc1-c1cc2c(c3ccccc3n2-c2ccccc2)c2c3ccccc3n(-c3ccccc3)c12. The van der Waals surface area contributed by atoms with Gasteiger partial charge in [0.25, 0.3) is 0 Å². The maximum absolute atomic E-state index is 8.67. The fraction of sp³-hybridized carbons (Fsp3) is 0. The number of fused-ring (bicyclic) bond motifs is 7. The predicted molar refractivity (Wildman–Crippen MR) is 237 cm³/mol. The van der Waals surface area contributed by atoms with Crippen molar-refractivity contribution in [2.75, 3.05) is 0 Å². The number of hydrogen-bond donors (Lipinski definition) is 0. The van der Waals surface area contributed by atoms with E-state index in [-0.39, 0.29) is 0 Å². The average Bonchev–Trinajstić information content (AvgIpc) is 3.82. The van der Waals surface area contributed by atoms with Gasteiger partial charge in [-0.15, -0.1) is 0 Å². The molecule has 11 rings (SSSR count). The van der Waals surface area contributed by atoms with Gasteiger partial charge in [0.15, 0.2) is 23.2 Å². The Labute approximate surface area is 334 Å². The van der Waals surface area contributed by atoms with E-state index in [2.05, 4.69) is 129 Å². The fourth-order valence-electron chi connectivity index (χ4n) is 8.45. The molecule has 11 aromatic rings. The molecule has 0 fully saturated rings. The number of aromatic nitrogens is 5. The summed E-state index contributed by atoms with van der Waals surface area (Å²) in [5, 5.41) is 4.65. The maximum atomic E-state index is 8.67. The van der Waals surface area contributed by atoms with Crippen molar-refractivity contribution in [3.63, 3.8) is 0 Å². The highest BCUT2D eigenvalue weighted by atomic mass is 15.0. The molecule has 0 aliphatic rings. The molecule has 6 nitrogen and oxygen atoms in total.